The number of rotatable bonds is 6. The molecule has 3 aromatic heterocycles. The summed E-state index contributed by atoms with van der Waals surface area (Å²) >= 11 is 5.99. The molecule has 0 aliphatic heterocycles. The Balaban J connectivity index is 1.66. The molecule has 0 aliphatic carbocycles. The molecule has 4 rings (SSSR count). The summed E-state index contributed by atoms with van der Waals surface area (Å²) in [6.07, 6.45) is 4.59. The van der Waals surface area contributed by atoms with Crippen molar-refractivity contribution in [1.82, 2.24) is 20.1 Å². The van der Waals surface area contributed by atoms with Gasteiger partial charge >= 0.3 is 0 Å². The third kappa shape index (κ3) is 4.66. The lowest BCUT2D eigenvalue weighted by Gasteiger charge is -2.14. The van der Waals surface area contributed by atoms with Crippen molar-refractivity contribution in [1.29, 1.82) is 0 Å². The first-order chi connectivity index (χ1) is 14.5. The Hall–Kier alpha value is -3.25. The molecule has 0 fully saturated rings. The van der Waals surface area contributed by atoms with E-state index in [1.165, 1.54) is 16.7 Å². The molecule has 152 valence electrons. The molecular weight excluding hydrogens is 398 g/mol. The zero-order valence-corrected chi connectivity index (χ0v) is 17.6. The summed E-state index contributed by atoms with van der Waals surface area (Å²) in [5, 5.41) is 4.62. The number of aryl methyl sites for hydroxylation is 2. The van der Waals surface area contributed by atoms with Crippen molar-refractivity contribution in [3.8, 4) is 0 Å². The maximum atomic E-state index is 5.99. The Kier molecular flexibility index (Phi) is 5.77. The fourth-order valence-corrected chi connectivity index (χ4v) is 3.73. The molecule has 1 aromatic carbocycles. The van der Waals surface area contributed by atoms with Crippen LogP contribution in [0.5, 0.6) is 0 Å². The average Bonchev–Trinajstić information content (AvgIpc) is 3.16. The second-order valence-electron chi connectivity index (χ2n) is 7.44. The third-order valence-corrected chi connectivity index (χ3v) is 5.15. The molecule has 1 atom stereocenters. The Morgan fingerprint density at radius 1 is 1.07 bits per heavy atom. The van der Waals surface area contributed by atoms with Gasteiger partial charge < -0.3 is 10.3 Å². The quantitative estimate of drug-likeness (QED) is 0.456. The summed E-state index contributed by atoms with van der Waals surface area (Å²) in [4.78, 5) is 13.0. The Morgan fingerprint density at radius 2 is 1.87 bits per heavy atom. The summed E-state index contributed by atoms with van der Waals surface area (Å²) in [6.45, 7) is 4.19. The lowest BCUT2D eigenvalue weighted by molar-refractivity contribution is 0.360. The van der Waals surface area contributed by atoms with Crippen LogP contribution in [0, 0.1) is 13.8 Å². The van der Waals surface area contributed by atoms with Gasteiger partial charge in [0.15, 0.2) is 5.82 Å². The van der Waals surface area contributed by atoms with Gasteiger partial charge in [0.05, 0.1) is 5.92 Å². The molecule has 6 nitrogen and oxygen atoms in total. The summed E-state index contributed by atoms with van der Waals surface area (Å²) in [7, 11) is 0. The number of anilines is 1. The number of hydrogen-bond donors (Lipinski definition) is 1. The monoisotopic (exact) mass is 419 g/mol. The molecule has 1 unspecified atom stereocenters. The minimum atomic E-state index is -0.136. The van der Waals surface area contributed by atoms with E-state index in [2.05, 4.69) is 52.2 Å². The lowest BCUT2D eigenvalue weighted by atomic mass is 9.91. The third-order valence-electron chi connectivity index (χ3n) is 4.93. The highest BCUT2D eigenvalue weighted by molar-refractivity contribution is 6.29. The van der Waals surface area contributed by atoms with E-state index in [4.69, 9.17) is 21.9 Å². The van der Waals surface area contributed by atoms with Gasteiger partial charge in [-0.15, -0.1) is 0 Å². The Labute approximate surface area is 180 Å². The normalized spacial score (nSPS) is 12.1. The summed E-state index contributed by atoms with van der Waals surface area (Å²) in [5.74, 6) is 1.44. The van der Waals surface area contributed by atoms with E-state index >= 15 is 0 Å². The number of hydrogen-bond acceptors (Lipinski definition) is 6. The van der Waals surface area contributed by atoms with E-state index in [0.29, 0.717) is 35.5 Å². The van der Waals surface area contributed by atoms with Crippen molar-refractivity contribution in [3.63, 3.8) is 0 Å². The highest BCUT2D eigenvalue weighted by Gasteiger charge is 2.23. The number of nitrogens with two attached hydrogens (primary N) is 1. The number of benzene rings is 1. The molecule has 0 saturated heterocycles. The van der Waals surface area contributed by atoms with E-state index in [0.717, 1.165) is 11.1 Å². The predicted octanol–water partition coefficient (Wildman–Crippen LogP) is 4.68. The van der Waals surface area contributed by atoms with Crippen LogP contribution in [0.2, 0.25) is 5.15 Å². The molecule has 0 bridgehead atoms. The molecule has 4 aromatic rings. The lowest BCUT2D eigenvalue weighted by Crippen LogP contribution is -2.07. The molecular formula is C23H22ClN5O. The summed E-state index contributed by atoms with van der Waals surface area (Å²) in [5.41, 5.74) is 11.4. The van der Waals surface area contributed by atoms with Gasteiger partial charge in [0, 0.05) is 24.4 Å². The first kappa shape index (κ1) is 20.0. The van der Waals surface area contributed by atoms with Crippen molar-refractivity contribution >= 4 is 17.4 Å². The molecule has 2 N–H and O–H groups in total. The van der Waals surface area contributed by atoms with Gasteiger partial charge in [0.1, 0.15) is 11.0 Å². The molecule has 0 aliphatic rings. The number of halogens is 1. The maximum Gasteiger partial charge on any atom is 0.234 e. The zero-order chi connectivity index (χ0) is 21.1. The topological polar surface area (TPSA) is 90.7 Å². The predicted molar refractivity (Wildman–Crippen MR) is 116 cm³/mol. The minimum absolute atomic E-state index is 0.136. The fourth-order valence-electron chi connectivity index (χ4n) is 3.62. The number of pyridine rings is 2. The van der Waals surface area contributed by atoms with Crippen LogP contribution in [-0.2, 0) is 12.8 Å². The van der Waals surface area contributed by atoms with Crippen molar-refractivity contribution < 1.29 is 4.52 Å². The number of nitrogens with zero attached hydrogens (tertiary/aromatic N) is 4. The fraction of sp³-hybridized carbons (Fsp3) is 0.217. The zero-order valence-electron chi connectivity index (χ0n) is 16.8. The molecule has 0 spiro atoms. The molecule has 0 saturated carbocycles. The van der Waals surface area contributed by atoms with Crippen molar-refractivity contribution in [2.24, 2.45) is 0 Å². The first-order valence-electron chi connectivity index (χ1n) is 9.68. The maximum absolute atomic E-state index is 5.99. The van der Waals surface area contributed by atoms with Crippen LogP contribution < -0.4 is 5.73 Å². The van der Waals surface area contributed by atoms with Gasteiger partial charge in [-0.05, 0) is 43.5 Å². The van der Waals surface area contributed by atoms with Gasteiger partial charge in [-0.1, -0.05) is 58.2 Å². The highest BCUT2D eigenvalue weighted by atomic mass is 35.5. The SMILES string of the molecule is Cc1cc(C)cc(CC(c2ccc(Cl)nc2)c2nc(Cc3cccnc3N)no2)c1. The van der Waals surface area contributed by atoms with Gasteiger partial charge in [-0.3, -0.25) is 0 Å². The van der Waals surface area contributed by atoms with E-state index in [9.17, 15) is 0 Å². The van der Waals surface area contributed by atoms with Crippen LogP contribution in [0.25, 0.3) is 0 Å². The van der Waals surface area contributed by atoms with Crippen LogP contribution >= 0.6 is 11.6 Å². The molecule has 0 amide bonds. The van der Waals surface area contributed by atoms with Crippen LogP contribution in [0.4, 0.5) is 5.82 Å². The van der Waals surface area contributed by atoms with E-state index in [1.807, 2.05) is 18.2 Å². The summed E-state index contributed by atoms with van der Waals surface area (Å²) < 4.78 is 5.67. The number of aromatic nitrogens is 4. The van der Waals surface area contributed by atoms with Crippen LogP contribution in [0.1, 0.15) is 45.5 Å². The van der Waals surface area contributed by atoms with Crippen molar-refractivity contribution in [3.05, 3.63) is 99.5 Å². The van der Waals surface area contributed by atoms with E-state index in [1.54, 1.807) is 18.5 Å². The molecule has 30 heavy (non-hydrogen) atoms. The highest BCUT2D eigenvalue weighted by Crippen LogP contribution is 2.29. The van der Waals surface area contributed by atoms with Crippen LogP contribution in [0.3, 0.4) is 0 Å². The second kappa shape index (κ2) is 8.63. The smallest absolute Gasteiger partial charge is 0.234 e. The Bertz CT molecular complexity index is 1140. The minimum Gasteiger partial charge on any atom is -0.383 e. The Morgan fingerprint density at radius 3 is 2.57 bits per heavy atom. The van der Waals surface area contributed by atoms with Crippen LogP contribution in [0.15, 0.2) is 59.4 Å². The van der Waals surface area contributed by atoms with Crippen molar-refractivity contribution in [2.45, 2.75) is 32.6 Å². The standard InChI is InChI=1S/C23H22ClN5O/c1-14-8-15(2)10-16(9-14)11-19(18-5-6-20(24)27-13-18)23-28-21(29-30-23)12-17-4-3-7-26-22(17)25/h3-10,13,19H,11-12H2,1-2H3,(H2,25,26). The van der Waals surface area contributed by atoms with Crippen molar-refractivity contribution in [2.75, 3.05) is 5.73 Å². The molecule has 3 heterocycles. The van der Waals surface area contributed by atoms with Gasteiger partial charge in [0.25, 0.3) is 0 Å². The largest absolute Gasteiger partial charge is 0.383 e. The van der Waals surface area contributed by atoms with E-state index in [-0.39, 0.29) is 5.92 Å². The first-order valence-corrected chi connectivity index (χ1v) is 10.1. The molecule has 7 heteroatoms. The van der Waals surface area contributed by atoms with Gasteiger partial charge in [0.2, 0.25) is 5.89 Å². The second-order valence-corrected chi connectivity index (χ2v) is 7.83. The average molecular weight is 420 g/mol. The van der Waals surface area contributed by atoms with Gasteiger partial charge in [-0.25, -0.2) is 9.97 Å². The van der Waals surface area contributed by atoms with Crippen LogP contribution in [-0.4, -0.2) is 20.1 Å². The number of nitrogen functional groups attached to an aromatic ring is 1. The molecule has 0 radical (unpaired) electrons. The van der Waals surface area contributed by atoms with E-state index < -0.39 is 0 Å². The van der Waals surface area contributed by atoms with Gasteiger partial charge in [-0.2, -0.15) is 4.98 Å². The summed E-state index contributed by atoms with van der Waals surface area (Å²) in [6, 6.07) is 14.0.